The van der Waals surface area contributed by atoms with Crippen LogP contribution >= 0.6 is 35.0 Å². The number of imidazole rings is 1. The van der Waals surface area contributed by atoms with E-state index in [4.69, 9.17) is 47.1 Å². The normalized spacial score (nSPS) is 13.7. The number of hydrogen-bond acceptors (Lipinski definition) is 9. The van der Waals surface area contributed by atoms with E-state index >= 15 is 0 Å². The molecule has 2 heterocycles. The van der Waals surface area contributed by atoms with Gasteiger partial charge in [-0.3, -0.25) is 0 Å². The molecular weight excluding hydrogens is 812 g/mol. The first-order chi connectivity index (χ1) is 26.6. The van der Waals surface area contributed by atoms with E-state index in [2.05, 4.69) is 72.7 Å². The number of aliphatic hydroxyl groups is 1. The van der Waals surface area contributed by atoms with Crippen LogP contribution in [0.25, 0.3) is 34.0 Å². The predicted molar refractivity (Wildman–Crippen MR) is 239 cm³/mol. The van der Waals surface area contributed by atoms with Crippen LogP contribution in [-0.2, 0) is 11.0 Å². The van der Waals surface area contributed by atoms with E-state index in [1.54, 1.807) is 24.4 Å². The Hall–Kier alpha value is -3.37. The summed E-state index contributed by atoms with van der Waals surface area (Å²) < 4.78 is 20.2. The maximum atomic E-state index is 11.9. The van der Waals surface area contributed by atoms with Gasteiger partial charge in [-0.15, -0.1) is 0 Å². The van der Waals surface area contributed by atoms with Crippen LogP contribution in [0.2, 0.25) is 46.3 Å². The SMILES string of the molecule is CSc1nccc(-c2c(-c3cccc(OCc4ccccc4)c3)nc(-c3c(Cl)cc(OCC(CO[Si](C)(C)C(C)(C)C)C(O)[Si](C)(C)C(C)(C)C)cc3Cl)n2O)n1. The summed E-state index contributed by atoms with van der Waals surface area (Å²) in [7, 11) is -4.34. The molecule has 0 saturated carbocycles. The lowest BCUT2D eigenvalue weighted by Crippen LogP contribution is -2.55. The number of benzene rings is 3. The van der Waals surface area contributed by atoms with Gasteiger partial charge in [-0.1, -0.05) is 132 Å². The molecular formula is C43H56Cl2N4O5SSi2. The maximum absolute atomic E-state index is 11.9. The Balaban J connectivity index is 1.50. The van der Waals surface area contributed by atoms with Gasteiger partial charge in [0, 0.05) is 24.3 Å². The zero-order valence-corrected chi connectivity index (χ0v) is 39.2. The molecule has 3 aromatic carbocycles. The molecule has 5 aromatic rings. The quantitative estimate of drug-likeness (QED) is 0.0460. The molecule has 0 fully saturated rings. The number of rotatable bonds is 15. The molecule has 9 nitrogen and oxygen atoms in total. The monoisotopic (exact) mass is 866 g/mol. The lowest BCUT2D eigenvalue weighted by Gasteiger charge is -2.44. The Bertz CT molecular complexity index is 2130. The Morgan fingerprint density at radius 3 is 2.09 bits per heavy atom. The minimum Gasteiger partial charge on any atom is -0.493 e. The van der Waals surface area contributed by atoms with Gasteiger partial charge in [0.15, 0.2) is 19.3 Å². The third kappa shape index (κ3) is 10.3. The third-order valence-corrected chi connectivity index (χ3v) is 23.0. The Morgan fingerprint density at radius 1 is 0.807 bits per heavy atom. The molecule has 5 rings (SSSR count). The van der Waals surface area contributed by atoms with Gasteiger partial charge in [-0.05, 0) is 65.3 Å². The van der Waals surface area contributed by atoms with Crippen LogP contribution in [0.5, 0.6) is 11.5 Å². The van der Waals surface area contributed by atoms with E-state index in [1.807, 2.05) is 60.9 Å². The van der Waals surface area contributed by atoms with Crippen molar-refractivity contribution in [2.45, 2.75) is 95.3 Å². The average Bonchev–Trinajstić information content (AvgIpc) is 3.49. The second kappa shape index (κ2) is 17.9. The molecule has 0 aliphatic heterocycles. The summed E-state index contributed by atoms with van der Waals surface area (Å²) in [5, 5.41) is 24.8. The van der Waals surface area contributed by atoms with Crippen molar-refractivity contribution in [3.05, 3.63) is 94.6 Å². The molecule has 0 aliphatic carbocycles. The van der Waals surface area contributed by atoms with Crippen LogP contribution in [0.4, 0.5) is 0 Å². The largest absolute Gasteiger partial charge is 0.493 e. The molecule has 2 atom stereocenters. The van der Waals surface area contributed by atoms with Crippen LogP contribution in [0, 0.1) is 5.92 Å². The van der Waals surface area contributed by atoms with Crippen LogP contribution in [0.3, 0.4) is 0 Å². The second-order valence-electron chi connectivity index (χ2n) is 17.5. The molecule has 0 radical (unpaired) electrons. The minimum atomic E-state index is -2.22. The summed E-state index contributed by atoms with van der Waals surface area (Å²) in [4.78, 5) is 14.0. The molecule has 0 amide bonds. The van der Waals surface area contributed by atoms with Crippen molar-refractivity contribution in [3.8, 4) is 45.5 Å². The van der Waals surface area contributed by atoms with E-state index in [-0.39, 0.29) is 38.5 Å². The summed E-state index contributed by atoms with van der Waals surface area (Å²) in [6.45, 7) is 23.0. The van der Waals surface area contributed by atoms with E-state index in [0.717, 1.165) is 10.3 Å². The smallest absolute Gasteiger partial charge is 0.191 e. The zero-order chi connectivity index (χ0) is 41.9. The maximum Gasteiger partial charge on any atom is 0.191 e. The first-order valence-electron chi connectivity index (χ1n) is 19.1. The Kier molecular flexibility index (Phi) is 14.0. The molecule has 0 spiro atoms. The highest BCUT2D eigenvalue weighted by Crippen LogP contribution is 2.44. The fourth-order valence-electron chi connectivity index (χ4n) is 5.90. The highest BCUT2D eigenvalue weighted by Gasteiger charge is 2.46. The molecule has 0 bridgehead atoms. The van der Waals surface area contributed by atoms with Gasteiger partial charge in [0.2, 0.25) is 0 Å². The van der Waals surface area contributed by atoms with Crippen molar-refractivity contribution in [1.29, 1.82) is 0 Å². The van der Waals surface area contributed by atoms with Gasteiger partial charge in [-0.2, -0.15) is 4.73 Å². The number of hydrogen-bond donors (Lipinski definition) is 2. The van der Waals surface area contributed by atoms with E-state index in [9.17, 15) is 10.3 Å². The first kappa shape index (κ1) is 44.7. The van der Waals surface area contributed by atoms with Gasteiger partial charge < -0.3 is 24.2 Å². The van der Waals surface area contributed by atoms with Gasteiger partial charge in [0.1, 0.15) is 29.5 Å². The van der Waals surface area contributed by atoms with Gasteiger partial charge in [-0.25, -0.2) is 15.0 Å². The van der Waals surface area contributed by atoms with Crippen molar-refractivity contribution in [2.24, 2.45) is 5.92 Å². The van der Waals surface area contributed by atoms with Crippen molar-refractivity contribution in [1.82, 2.24) is 19.7 Å². The summed E-state index contributed by atoms with van der Waals surface area (Å²) in [6.07, 6.45) is 3.53. The number of ether oxygens (including phenoxy) is 2. The lowest BCUT2D eigenvalue weighted by molar-refractivity contribution is 0.0786. The topological polar surface area (TPSA) is 112 Å². The second-order valence-corrected chi connectivity index (χ2v) is 29.4. The van der Waals surface area contributed by atoms with Crippen LogP contribution < -0.4 is 9.47 Å². The van der Waals surface area contributed by atoms with E-state index < -0.39 is 22.1 Å². The summed E-state index contributed by atoms with van der Waals surface area (Å²) in [5.41, 5.74) is 2.68. The van der Waals surface area contributed by atoms with Crippen molar-refractivity contribution >= 4 is 51.4 Å². The van der Waals surface area contributed by atoms with Crippen molar-refractivity contribution in [3.63, 3.8) is 0 Å². The molecule has 2 aromatic heterocycles. The van der Waals surface area contributed by atoms with Gasteiger partial charge in [0.05, 0.1) is 41.7 Å². The minimum absolute atomic E-state index is 0.0129. The first-order valence-corrected chi connectivity index (χ1v) is 27.0. The highest BCUT2D eigenvalue weighted by molar-refractivity contribution is 7.98. The van der Waals surface area contributed by atoms with Crippen molar-refractivity contribution < 1.29 is 24.2 Å². The van der Waals surface area contributed by atoms with Crippen molar-refractivity contribution in [2.75, 3.05) is 19.5 Å². The van der Waals surface area contributed by atoms with E-state index in [0.29, 0.717) is 58.1 Å². The number of nitrogens with zero attached hydrogens (tertiary/aromatic N) is 4. The highest BCUT2D eigenvalue weighted by atomic mass is 35.5. The Labute approximate surface area is 354 Å². The molecule has 2 N–H and O–H groups in total. The fraction of sp³-hybridized carbons (Fsp3) is 0.419. The number of halogens is 2. The number of aliphatic hydroxyl groups excluding tert-OH is 1. The third-order valence-electron chi connectivity index (χ3n) is 11.6. The van der Waals surface area contributed by atoms with Gasteiger partial charge in [0.25, 0.3) is 0 Å². The molecule has 0 aliphatic rings. The Morgan fingerprint density at radius 2 is 1.47 bits per heavy atom. The number of aromatic nitrogens is 4. The molecule has 306 valence electrons. The fourth-order valence-corrected chi connectivity index (χ4v) is 10.2. The lowest BCUT2D eigenvalue weighted by atomic mass is 10.1. The van der Waals surface area contributed by atoms with Gasteiger partial charge >= 0.3 is 0 Å². The molecule has 14 heteroatoms. The van der Waals surface area contributed by atoms with Crippen LogP contribution in [0.1, 0.15) is 47.1 Å². The summed E-state index contributed by atoms with van der Waals surface area (Å²) in [5.74, 6) is 0.891. The summed E-state index contributed by atoms with van der Waals surface area (Å²) >= 11 is 15.4. The molecule has 0 saturated heterocycles. The standard InChI is InChI=1S/C43H56Cl2N4O5SSi2/c1-42(2,3)56(8,9)40(50)30(27-54-57(10,11)43(4,5)6)26-53-32-23-33(44)36(34(45)24-32)39-48-37(38(49(39)51)35-20-21-46-41(47-35)55-7)29-18-15-19-31(22-29)52-25-28-16-13-12-14-17-28/h12-24,30,40,50-51H,25-27H2,1-11H3. The molecule has 2 unspecified atom stereocenters. The number of thioether (sulfide) groups is 1. The zero-order valence-electron chi connectivity index (χ0n) is 34.9. The van der Waals surface area contributed by atoms with E-state index in [1.165, 1.54) is 11.8 Å². The molecule has 57 heavy (non-hydrogen) atoms. The predicted octanol–water partition coefficient (Wildman–Crippen LogP) is 11.9. The summed E-state index contributed by atoms with van der Waals surface area (Å²) in [6, 6.07) is 22.5. The van der Waals surface area contributed by atoms with Crippen LogP contribution in [0.15, 0.2) is 84.1 Å². The average molecular weight is 868 g/mol. The van der Waals surface area contributed by atoms with Crippen LogP contribution in [-0.4, -0.2) is 71.6 Å².